The number of methoxy groups -OCH3 is 1. The molecule has 4 rings (SSSR count). The van der Waals surface area contributed by atoms with Crippen LogP contribution in [0.5, 0.6) is 5.75 Å². The highest BCUT2D eigenvalue weighted by Gasteiger charge is 2.28. The molecular formula is C24H37FN8O. The van der Waals surface area contributed by atoms with E-state index in [9.17, 15) is 4.39 Å². The molecule has 10 heteroatoms. The van der Waals surface area contributed by atoms with Gasteiger partial charge in [0, 0.05) is 29.9 Å². The van der Waals surface area contributed by atoms with Crippen molar-refractivity contribution in [3.8, 4) is 5.75 Å². The van der Waals surface area contributed by atoms with Crippen LogP contribution >= 0.6 is 0 Å². The normalized spacial score (nSPS) is 22.2. The zero-order valence-corrected chi connectivity index (χ0v) is 20.4. The van der Waals surface area contributed by atoms with Crippen LogP contribution in [0, 0.1) is 5.82 Å². The summed E-state index contributed by atoms with van der Waals surface area (Å²) in [5.41, 5.74) is 6.83. The molecule has 2 aliphatic heterocycles. The first kappa shape index (κ1) is 24.4. The first-order valence-corrected chi connectivity index (χ1v) is 12.3. The summed E-state index contributed by atoms with van der Waals surface area (Å²) in [5, 5.41) is 7.03. The summed E-state index contributed by atoms with van der Waals surface area (Å²) in [6, 6.07) is 5.64. The Bertz CT molecular complexity index is 955. The summed E-state index contributed by atoms with van der Waals surface area (Å²) in [6.45, 7) is 5.15. The first-order chi connectivity index (χ1) is 16.5. The maximum atomic E-state index is 14.7. The lowest BCUT2D eigenvalue weighted by Crippen LogP contribution is -2.40. The Balaban J connectivity index is 1.69. The number of benzene rings is 1. The number of nitrogen functional groups attached to an aromatic ring is 1. The van der Waals surface area contributed by atoms with Crippen LogP contribution in [0.3, 0.4) is 0 Å². The quantitative estimate of drug-likeness (QED) is 0.534. The molecule has 1 aromatic heterocycles. The van der Waals surface area contributed by atoms with E-state index in [0.717, 1.165) is 51.7 Å². The molecule has 0 radical (unpaired) electrons. The molecule has 9 nitrogen and oxygen atoms in total. The van der Waals surface area contributed by atoms with Crippen LogP contribution in [0.1, 0.15) is 45.4 Å². The molecule has 3 atom stereocenters. The van der Waals surface area contributed by atoms with Crippen molar-refractivity contribution < 1.29 is 9.13 Å². The minimum Gasteiger partial charge on any atom is -0.494 e. The highest BCUT2D eigenvalue weighted by molar-refractivity contribution is 5.61. The van der Waals surface area contributed by atoms with Gasteiger partial charge < -0.3 is 30.9 Å². The third-order valence-corrected chi connectivity index (χ3v) is 6.89. The van der Waals surface area contributed by atoms with E-state index in [2.05, 4.69) is 39.5 Å². The third kappa shape index (κ3) is 5.67. The summed E-state index contributed by atoms with van der Waals surface area (Å²) in [4.78, 5) is 18.0. The number of likely N-dealkylation sites (tertiary alicyclic amines) is 1. The van der Waals surface area contributed by atoms with Crippen LogP contribution in [-0.2, 0) is 0 Å². The van der Waals surface area contributed by atoms with E-state index in [1.54, 1.807) is 6.07 Å². The van der Waals surface area contributed by atoms with Crippen molar-refractivity contribution in [3.63, 3.8) is 0 Å². The molecule has 0 bridgehead atoms. The summed E-state index contributed by atoms with van der Waals surface area (Å²) in [7, 11) is 3.59. The molecule has 0 aliphatic carbocycles. The molecule has 34 heavy (non-hydrogen) atoms. The van der Waals surface area contributed by atoms with Crippen LogP contribution < -0.4 is 26.0 Å². The molecule has 2 aromatic rings. The Kier molecular flexibility index (Phi) is 7.99. The smallest absolute Gasteiger partial charge is 0.236 e. The van der Waals surface area contributed by atoms with E-state index < -0.39 is 5.82 Å². The molecule has 0 amide bonds. The largest absolute Gasteiger partial charge is 0.494 e. The fraction of sp³-hybridized carbons (Fsp3) is 0.625. The molecule has 1 aromatic carbocycles. The van der Waals surface area contributed by atoms with Gasteiger partial charge in [0.1, 0.15) is 0 Å². The fourth-order valence-corrected chi connectivity index (χ4v) is 5.04. The lowest BCUT2D eigenvalue weighted by Gasteiger charge is -2.32. The number of anilines is 4. The molecule has 4 N–H and O–H groups in total. The van der Waals surface area contributed by atoms with Crippen LogP contribution in [0.4, 0.5) is 27.9 Å². The van der Waals surface area contributed by atoms with Crippen LogP contribution in [0.2, 0.25) is 0 Å². The van der Waals surface area contributed by atoms with Gasteiger partial charge in [-0.25, -0.2) is 4.39 Å². The molecule has 2 aliphatic rings. The van der Waals surface area contributed by atoms with Crippen molar-refractivity contribution in [2.75, 3.05) is 49.7 Å². The summed E-state index contributed by atoms with van der Waals surface area (Å²) in [6.07, 6.45) is 6.10. The molecule has 0 saturated carbocycles. The second-order valence-electron chi connectivity index (χ2n) is 9.26. The molecule has 3 heterocycles. The molecule has 0 spiro atoms. The van der Waals surface area contributed by atoms with E-state index in [4.69, 9.17) is 15.5 Å². The van der Waals surface area contributed by atoms with E-state index in [1.807, 2.05) is 11.0 Å². The fourth-order valence-electron chi connectivity index (χ4n) is 5.04. The Hall–Kier alpha value is -2.72. The predicted octanol–water partition coefficient (Wildman–Crippen LogP) is 3.17. The monoisotopic (exact) mass is 472 g/mol. The lowest BCUT2D eigenvalue weighted by atomic mass is 10.0. The highest BCUT2D eigenvalue weighted by Crippen LogP contribution is 2.33. The van der Waals surface area contributed by atoms with Gasteiger partial charge in [-0.3, -0.25) is 0 Å². The van der Waals surface area contributed by atoms with Gasteiger partial charge >= 0.3 is 0 Å². The molecule has 2 saturated heterocycles. The number of hydrogen-bond donors (Lipinski definition) is 3. The summed E-state index contributed by atoms with van der Waals surface area (Å²) in [5.74, 6) is 0.814. The van der Waals surface area contributed by atoms with Crippen molar-refractivity contribution in [2.45, 2.75) is 63.6 Å². The highest BCUT2D eigenvalue weighted by atomic mass is 19.1. The maximum Gasteiger partial charge on any atom is 0.236 e. The van der Waals surface area contributed by atoms with Crippen molar-refractivity contribution >= 4 is 23.5 Å². The van der Waals surface area contributed by atoms with Crippen molar-refractivity contribution in [1.29, 1.82) is 0 Å². The number of nitrogens with two attached hydrogens (primary N) is 1. The number of halogens is 1. The van der Waals surface area contributed by atoms with Gasteiger partial charge in [0.15, 0.2) is 11.6 Å². The number of nitrogens with one attached hydrogen (secondary N) is 2. The van der Waals surface area contributed by atoms with Gasteiger partial charge in [0.05, 0.1) is 7.11 Å². The SMILES string of the molecule is CCC(Nc1nc(N)nc(N(c2ccc(OC)c(F)c2)C2CCCN(C)CC2)n1)C1CCCN1. The lowest BCUT2D eigenvalue weighted by molar-refractivity contribution is 0.347. The average molecular weight is 473 g/mol. The van der Waals surface area contributed by atoms with Crippen LogP contribution in [0.15, 0.2) is 18.2 Å². The average Bonchev–Trinajstić information content (AvgIpc) is 3.27. The van der Waals surface area contributed by atoms with Crippen molar-refractivity contribution in [1.82, 2.24) is 25.2 Å². The number of rotatable bonds is 8. The summed E-state index contributed by atoms with van der Waals surface area (Å²) >= 11 is 0. The Morgan fingerprint density at radius 1 is 1.24 bits per heavy atom. The zero-order chi connectivity index (χ0) is 24.1. The van der Waals surface area contributed by atoms with E-state index in [-0.39, 0.29) is 23.8 Å². The van der Waals surface area contributed by atoms with Gasteiger partial charge in [-0.15, -0.1) is 0 Å². The number of hydrogen-bond acceptors (Lipinski definition) is 9. The minimum atomic E-state index is -0.422. The molecule has 186 valence electrons. The van der Waals surface area contributed by atoms with Crippen molar-refractivity contribution in [2.24, 2.45) is 0 Å². The van der Waals surface area contributed by atoms with Gasteiger partial charge in [-0.05, 0) is 77.3 Å². The zero-order valence-electron chi connectivity index (χ0n) is 20.4. The Labute approximate surface area is 201 Å². The Morgan fingerprint density at radius 2 is 2.09 bits per heavy atom. The minimum absolute atomic E-state index is 0.103. The van der Waals surface area contributed by atoms with E-state index in [0.29, 0.717) is 23.6 Å². The van der Waals surface area contributed by atoms with E-state index >= 15 is 0 Å². The molecule has 2 fully saturated rings. The van der Waals surface area contributed by atoms with Crippen LogP contribution in [0.25, 0.3) is 0 Å². The van der Waals surface area contributed by atoms with Crippen LogP contribution in [-0.4, -0.2) is 71.8 Å². The van der Waals surface area contributed by atoms with Gasteiger partial charge in [-0.2, -0.15) is 15.0 Å². The second kappa shape index (κ2) is 11.1. The van der Waals surface area contributed by atoms with Gasteiger partial charge in [0.2, 0.25) is 17.8 Å². The number of nitrogens with zero attached hydrogens (tertiary/aromatic N) is 5. The van der Waals surface area contributed by atoms with Gasteiger partial charge in [-0.1, -0.05) is 6.92 Å². The first-order valence-electron chi connectivity index (χ1n) is 12.3. The maximum absolute atomic E-state index is 14.7. The predicted molar refractivity (Wildman–Crippen MR) is 133 cm³/mol. The van der Waals surface area contributed by atoms with Crippen molar-refractivity contribution in [3.05, 3.63) is 24.0 Å². The van der Waals surface area contributed by atoms with Gasteiger partial charge in [0.25, 0.3) is 0 Å². The topological polar surface area (TPSA) is 104 Å². The molecular weight excluding hydrogens is 435 g/mol. The molecule has 3 unspecified atom stereocenters. The standard InChI is InChI=1S/C24H37FN8O/c1-4-19(20-8-5-12-27-20)28-23-29-22(26)30-24(31-23)33(16-7-6-13-32(2)14-11-16)17-9-10-21(34-3)18(25)15-17/h9-10,15-16,19-20,27H,4-8,11-14H2,1-3H3,(H3,26,28,29,30,31). The Morgan fingerprint density at radius 3 is 2.79 bits per heavy atom. The number of ether oxygens (including phenoxy) is 1. The number of aromatic nitrogens is 3. The summed E-state index contributed by atoms with van der Waals surface area (Å²) < 4.78 is 19.9. The second-order valence-corrected chi connectivity index (χ2v) is 9.26. The van der Waals surface area contributed by atoms with E-state index in [1.165, 1.54) is 19.6 Å². The third-order valence-electron chi connectivity index (χ3n) is 6.89.